The third kappa shape index (κ3) is 2.09. The summed E-state index contributed by atoms with van der Waals surface area (Å²) in [6.45, 7) is 1.92. The van der Waals surface area contributed by atoms with Gasteiger partial charge >= 0.3 is 0 Å². The van der Waals surface area contributed by atoms with Gasteiger partial charge in [0.1, 0.15) is 17.6 Å². The van der Waals surface area contributed by atoms with Crippen LogP contribution in [0.4, 0.5) is 4.39 Å². The van der Waals surface area contributed by atoms with Crippen molar-refractivity contribution >= 4 is 0 Å². The average Bonchev–Trinajstić information content (AvgIpc) is 2.29. The van der Waals surface area contributed by atoms with Gasteiger partial charge in [0.2, 0.25) is 0 Å². The molecule has 0 amide bonds. The SMILES string of the molecule is Cc1cccc(C(O)c2ncccc2F)c1. The van der Waals surface area contributed by atoms with E-state index in [0.29, 0.717) is 5.56 Å². The van der Waals surface area contributed by atoms with Gasteiger partial charge in [-0.2, -0.15) is 0 Å². The van der Waals surface area contributed by atoms with Crippen LogP contribution >= 0.6 is 0 Å². The number of nitrogens with zero attached hydrogens (tertiary/aromatic N) is 1. The smallest absolute Gasteiger partial charge is 0.147 e. The lowest BCUT2D eigenvalue weighted by Crippen LogP contribution is -2.05. The number of aliphatic hydroxyl groups excluding tert-OH is 1. The van der Waals surface area contributed by atoms with E-state index in [1.807, 2.05) is 25.1 Å². The van der Waals surface area contributed by atoms with E-state index in [2.05, 4.69) is 4.98 Å². The Labute approximate surface area is 93.4 Å². The van der Waals surface area contributed by atoms with Crippen molar-refractivity contribution in [2.45, 2.75) is 13.0 Å². The van der Waals surface area contributed by atoms with Gasteiger partial charge in [-0.3, -0.25) is 4.98 Å². The average molecular weight is 217 g/mol. The van der Waals surface area contributed by atoms with Crippen molar-refractivity contribution in [3.8, 4) is 0 Å². The topological polar surface area (TPSA) is 33.1 Å². The molecule has 2 aromatic rings. The van der Waals surface area contributed by atoms with E-state index in [1.165, 1.54) is 18.3 Å². The summed E-state index contributed by atoms with van der Waals surface area (Å²) in [6.07, 6.45) is 0.457. The third-order valence-corrected chi connectivity index (χ3v) is 2.40. The molecule has 1 atom stereocenters. The minimum absolute atomic E-state index is 0.0631. The molecule has 3 heteroatoms. The van der Waals surface area contributed by atoms with E-state index < -0.39 is 11.9 Å². The van der Waals surface area contributed by atoms with Crippen LogP contribution in [0.25, 0.3) is 0 Å². The summed E-state index contributed by atoms with van der Waals surface area (Å²) in [6, 6.07) is 10.1. The van der Waals surface area contributed by atoms with Crippen LogP contribution in [0.1, 0.15) is 22.9 Å². The van der Waals surface area contributed by atoms with Crippen LogP contribution in [-0.4, -0.2) is 10.1 Å². The number of hydrogen-bond donors (Lipinski definition) is 1. The molecular weight excluding hydrogens is 205 g/mol. The van der Waals surface area contributed by atoms with Gasteiger partial charge in [0.25, 0.3) is 0 Å². The first-order chi connectivity index (χ1) is 7.68. The lowest BCUT2D eigenvalue weighted by atomic mass is 10.0. The van der Waals surface area contributed by atoms with Gasteiger partial charge in [-0.05, 0) is 24.6 Å². The summed E-state index contributed by atoms with van der Waals surface area (Å²) in [7, 11) is 0. The Morgan fingerprint density at radius 1 is 1.25 bits per heavy atom. The summed E-state index contributed by atoms with van der Waals surface area (Å²) >= 11 is 0. The number of aliphatic hydroxyl groups is 1. The van der Waals surface area contributed by atoms with Crippen LogP contribution < -0.4 is 0 Å². The number of pyridine rings is 1. The van der Waals surface area contributed by atoms with Crippen molar-refractivity contribution in [2.75, 3.05) is 0 Å². The van der Waals surface area contributed by atoms with Crippen molar-refractivity contribution in [1.82, 2.24) is 4.98 Å². The molecule has 2 nitrogen and oxygen atoms in total. The Hall–Kier alpha value is -1.74. The highest BCUT2D eigenvalue weighted by atomic mass is 19.1. The summed E-state index contributed by atoms with van der Waals surface area (Å²) in [5.41, 5.74) is 1.73. The van der Waals surface area contributed by atoms with E-state index in [-0.39, 0.29) is 5.69 Å². The number of rotatable bonds is 2. The van der Waals surface area contributed by atoms with Crippen molar-refractivity contribution in [2.24, 2.45) is 0 Å². The molecule has 2 rings (SSSR count). The minimum atomic E-state index is -1.01. The molecule has 0 aliphatic carbocycles. The Morgan fingerprint density at radius 2 is 2.06 bits per heavy atom. The molecule has 0 saturated carbocycles. The second kappa shape index (κ2) is 4.41. The van der Waals surface area contributed by atoms with Crippen LogP contribution in [0.3, 0.4) is 0 Å². The van der Waals surface area contributed by atoms with E-state index in [4.69, 9.17) is 0 Å². The fourth-order valence-electron chi connectivity index (χ4n) is 1.60. The first-order valence-electron chi connectivity index (χ1n) is 5.03. The molecule has 1 N–H and O–H groups in total. The molecule has 82 valence electrons. The van der Waals surface area contributed by atoms with E-state index >= 15 is 0 Å². The van der Waals surface area contributed by atoms with Gasteiger partial charge < -0.3 is 5.11 Å². The number of halogens is 1. The molecule has 16 heavy (non-hydrogen) atoms. The number of hydrogen-bond acceptors (Lipinski definition) is 2. The van der Waals surface area contributed by atoms with Crippen LogP contribution in [0.5, 0.6) is 0 Å². The van der Waals surface area contributed by atoms with E-state index in [1.54, 1.807) is 6.07 Å². The van der Waals surface area contributed by atoms with Gasteiger partial charge in [-0.1, -0.05) is 29.8 Å². The predicted octanol–water partition coefficient (Wildman–Crippen LogP) is 2.61. The molecular formula is C13H12FNO. The summed E-state index contributed by atoms with van der Waals surface area (Å²) in [4.78, 5) is 3.86. The molecule has 1 aromatic carbocycles. The molecule has 0 spiro atoms. The van der Waals surface area contributed by atoms with Gasteiger partial charge in [0.05, 0.1) is 0 Å². The van der Waals surface area contributed by atoms with Crippen molar-refractivity contribution < 1.29 is 9.50 Å². The molecule has 0 aliphatic heterocycles. The number of aryl methyl sites for hydroxylation is 1. The summed E-state index contributed by atoms with van der Waals surface area (Å²) in [5.74, 6) is -0.489. The second-order valence-electron chi connectivity index (χ2n) is 3.69. The zero-order chi connectivity index (χ0) is 11.5. The Kier molecular flexibility index (Phi) is 2.97. The molecule has 1 unspecified atom stereocenters. The first-order valence-corrected chi connectivity index (χ1v) is 5.03. The van der Waals surface area contributed by atoms with Crippen LogP contribution in [0.15, 0.2) is 42.6 Å². The fourth-order valence-corrected chi connectivity index (χ4v) is 1.60. The molecule has 0 bridgehead atoms. The van der Waals surface area contributed by atoms with Crippen molar-refractivity contribution in [1.29, 1.82) is 0 Å². The quantitative estimate of drug-likeness (QED) is 0.838. The lowest BCUT2D eigenvalue weighted by Gasteiger charge is -2.11. The summed E-state index contributed by atoms with van der Waals surface area (Å²) < 4.78 is 13.4. The number of aromatic nitrogens is 1. The monoisotopic (exact) mass is 217 g/mol. The maximum Gasteiger partial charge on any atom is 0.147 e. The molecule has 0 fully saturated rings. The molecule has 1 aromatic heterocycles. The largest absolute Gasteiger partial charge is 0.382 e. The molecule has 0 radical (unpaired) electrons. The van der Waals surface area contributed by atoms with Crippen molar-refractivity contribution in [3.63, 3.8) is 0 Å². The molecule has 0 aliphatic rings. The minimum Gasteiger partial charge on any atom is -0.382 e. The summed E-state index contributed by atoms with van der Waals surface area (Å²) in [5, 5.41) is 9.99. The van der Waals surface area contributed by atoms with Gasteiger partial charge in [-0.15, -0.1) is 0 Å². The Balaban J connectivity index is 2.39. The van der Waals surface area contributed by atoms with Gasteiger partial charge in [0.15, 0.2) is 0 Å². The highest BCUT2D eigenvalue weighted by molar-refractivity contribution is 5.29. The molecule has 1 heterocycles. The van der Waals surface area contributed by atoms with Crippen LogP contribution in [0, 0.1) is 12.7 Å². The van der Waals surface area contributed by atoms with Gasteiger partial charge in [-0.25, -0.2) is 4.39 Å². The highest BCUT2D eigenvalue weighted by Gasteiger charge is 2.15. The lowest BCUT2D eigenvalue weighted by molar-refractivity contribution is 0.209. The zero-order valence-electron chi connectivity index (χ0n) is 8.89. The van der Waals surface area contributed by atoms with Crippen LogP contribution in [0.2, 0.25) is 0 Å². The first kappa shape index (κ1) is 10.8. The Morgan fingerprint density at radius 3 is 2.75 bits per heavy atom. The third-order valence-electron chi connectivity index (χ3n) is 2.40. The standard InChI is InChI=1S/C13H12FNO/c1-9-4-2-5-10(8-9)13(16)12-11(14)6-3-7-15-12/h2-8,13,16H,1H3. The van der Waals surface area contributed by atoms with Crippen molar-refractivity contribution in [3.05, 3.63) is 65.2 Å². The normalized spacial score (nSPS) is 12.4. The highest BCUT2D eigenvalue weighted by Crippen LogP contribution is 2.22. The fraction of sp³-hybridized carbons (Fsp3) is 0.154. The maximum atomic E-state index is 13.4. The van der Waals surface area contributed by atoms with Crippen LogP contribution in [-0.2, 0) is 0 Å². The van der Waals surface area contributed by atoms with E-state index in [0.717, 1.165) is 5.56 Å². The molecule has 0 saturated heterocycles. The zero-order valence-corrected chi connectivity index (χ0v) is 8.89. The second-order valence-corrected chi connectivity index (χ2v) is 3.69. The van der Waals surface area contributed by atoms with Gasteiger partial charge in [0, 0.05) is 6.20 Å². The number of benzene rings is 1. The maximum absolute atomic E-state index is 13.4. The van der Waals surface area contributed by atoms with E-state index in [9.17, 15) is 9.50 Å². The predicted molar refractivity (Wildman–Crippen MR) is 59.4 cm³/mol. The Bertz CT molecular complexity index is 499.